The summed E-state index contributed by atoms with van der Waals surface area (Å²) in [7, 11) is 0. The standard InChI is InChI=1S/C31H52O4/c1-21(10-8-17-30(3,4)35)26-15-16-27-23(11-9-18-31(26,27)5)13-14-24-20-28(33)25(12-6-7-19-32)29(34)22(24)2/h13-14,21,25-29,32-35H,2,6-12,15-20H2,1,3-5H3/b23-13+,24-14-/t21-,25-,26-,27+,28-,29-,31-/m1/s1. The third kappa shape index (κ3) is 6.89. The molecule has 0 amide bonds. The van der Waals surface area contributed by atoms with Gasteiger partial charge in [0, 0.05) is 12.5 Å². The number of hydrogen-bond acceptors (Lipinski definition) is 4. The van der Waals surface area contributed by atoms with Crippen LogP contribution in [0.3, 0.4) is 0 Å². The van der Waals surface area contributed by atoms with Crippen LogP contribution in [0.5, 0.6) is 0 Å². The van der Waals surface area contributed by atoms with E-state index < -0.39 is 17.8 Å². The average Bonchev–Trinajstić information content (AvgIpc) is 3.14. The van der Waals surface area contributed by atoms with Crippen LogP contribution in [0.4, 0.5) is 0 Å². The molecule has 0 aromatic heterocycles. The van der Waals surface area contributed by atoms with Crippen LogP contribution in [0, 0.1) is 29.1 Å². The maximum Gasteiger partial charge on any atom is 0.0839 e. The number of hydrogen-bond donors (Lipinski definition) is 4. The Balaban J connectivity index is 1.67. The lowest BCUT2D eigenvalue weighted by Crippen LogP contribution is -2.38. The molecule has 4 heteroatoms. The highest BCUT2D eigenvalue weighted by Crippen LogP contribution is 2.60. The second kappa shape index (κ2) is 12.1. The second-order valence-corrected chi connectivity index (χ2v) is 12.8. The first-order valence-corrected chi connectivity index (χ1v) is 14.3. The molecule has 200 valence electrons. The normalized spacial score (nSPS) is 37.1. The molecule has 0 aliphatic heterocycles. The van der Waals surface area contributed by atoms with Crippen LogP contribution < -0.4 is 0 Å². The molecular weight excluding hydrogens is 436 g/mol. The van der Waals surface area contributed by atoms with Crippen molar-refractivity contribution in [2.75, 3.05) is 6.61 Å². The molecule has 35 heavy (non-hydrogen) atoms. The molecule has 0 aromatic rings. The minimum Gasteiger partial charge on any atom is -0.396 e. The predicted octanol–water partition coefficient (Wildman–Crippen LogP) is 6.09. The number of fused-ring (bicyclic) bond motifs is 1. The van der Waals surface area contributed by atoms with Crippen molar-refractivity contribution in [3.63, 3.8) is 0 Å². The predicted molar refractivity (Wildman–Crippen MR) is 144 cm³/mol. The minimum atomic E-state index is -0.709. The average molecular weight is 489 g/mol. The van der Waals surface area contributed by atoms with Gasteiger partial charge in [-0.15, -0.1) is 0 Å². The van der Waals surface area contributed by atoms with E-state index >= 15 is 0 Å². The monoisotopic (exact) mass is 488 g/mol. The van der Waals surface area contributed by atoms with Crippen LogP contribution in [0.25, 0.3) is 0 Å². The van der Waals surface area contributed by atoms with Gasteiger partial charge in [0.2, 0.25) is 0 Å². The van der Waals surface area contributed by atoms with E-state index in [4.69, 9.17) is 5.11 Å². The fourth-order valence-electron chi connectivity index (χ4n) is 7.66. The lowest BCUT2D eigenvalue weighted by atomic mass is 9.60. The number of unbranched alkanes of at least 4 members (excludes halogenated alkanes) is 1. The fraction of sp³-hybridized carbons (Fsp3) is 0.806. The van der Waals surface area contributed by atoms with Crippen LogP contribution in [0.15, 0.2) is 35.5 Å². The van der Waals surface area contributed by atoms with Gasteiger partial charge in [0.05, 0.1) is 17.8 Å². The maximum absolute atomic E-state index is 10.8. The molecule has 0 bridgehead atoms. The van der Waals surface area contributed by atoms with E-state index in [0.717, 1.165) is 42.7 Å². The number of aliphatic hydroxyl groups is 4. The Hall–Kier alpha value is -0.940. The Labute approximate surface area is 214 Å². The molecule has 0 saturated heterocycles. The summed E-state index contributed by atoms with van der Waals surface area (Å²) in [5, 5.41) is 40.7. The quantitative estimate of drug-likeness (QED) is 0.280. The van der Waals surface area contributed by atoms with Crippen molar-refractivity contribution in [2.24, 2.45) is 29.1 Å². The van der Waals surface area contributed by atoms with Crippen molar-refractivity contribution in [1.29, 1.82) is 0 Å². The first kappa shape index (κ1) is 28.6. The molecule has 4 nitrogen and oxygen atoms in total. The van der Waals surface area contributed by atoms with E-state index in [2.05, 4.69) is 32.6 Å². The summed E-state index contributed by atoms with van der Waals surface area (Å²) in [6, 6.07) is 0. The van der Waals surface area contributed by atoms with Crippen LogP contribution in [0.2, 0.25) is 0 Å². The van der Waals surface area contributed by atoms with Crippen molar-refractivity contribution in [1.82, 2.24) is 0 Å². The molecule has 0 spiro atoms. The van der Waals surface area contributed by atoms with Crippen LogP contribution in [-0.4, -0.2) is 44.8 Å². The Morgan fingerprint density at radius 2 is 1.89 bits per heavy atom. The summed E-state index contributed by atoms with van der Waals surface area (Å²) in [4.78, 5) is 0. The number of rotatable bonds is 10. The number of allylic oxidation sites excluding steroid dienone is 3. The first-order valence-electron chi connectivity index (χ1n) is 14.3. The summed E-state index contributed by atoms with van der Waals surface area (Å²) in [5.41, 5.74) is 3.05. The lowest BCUT2D eigenvalue weighted by molar-refractivity contribution is 0.0124. The zero-order valence-electron chi connectivity index (χ0n) is 22.8. The molecule has 3 rings (SSSR count). The van der Waals surface area contributed by atoms with Crippen molar-refractivity contribution >= 4 is 0 Å². The van der Waals surface area contributed by atoms with Gasteiger partial charge in [-0.25, -0.2) is 0 Å². The van der Waals surface area contributed by atoms with E-state index in [1.165, 1.54) is 32.1 Å². The fourth-order valence-corrected chi connectivity index (χ4v) is 7.66. The summed E-state index contributed by atoms with van der Waals surface area (Å²) in [6.45, 7) is 13.1. The van der Waals surface area contributed by atoms with Gasteiger partial charge in [-0.2, -0.15) is 0 Å². The summed E-state index contributed by atoms with van der Waals surface area (Å²) >= 11 is 0. The molecule has 3 saturated carbocycles. The van der Waals surface area contributed by atoms with Crippen molar-refractivity contribution in [3.8, 4) is 0 Å². The second-order valence-electron chi connectivity index (χ2n) is 12.8. The van der Waals surface area contributed by atoms with Gasteiger partial charge in [-0.1, -0.05) is 57.4 Å². The van der Waals surface area contributed by atoms with Gasteiger partial charge in [-0.05, 0) is 106 Å². The van der Waals surface area contributed by atoms with Crippen LogP contribution in [-0.2, 0) is 0 Å². The molecule has 4 N–H and O–H groups in total. The molecule has 0 radical (unpaired) electrons. The van der Waals surface area contributed by atoms with Crippen LogP contribution in [0.1, 0.15) is 105 Å². The highest BCUT2D eigenvalue weighted by molar-refractivity contribution is 5.39. The summed E-state index contributed by atoms with van der Waals surface area (Å²) in [6.07, 6.45) is 15.3. The molecule has 3 fully saturated rings. The lowest BCUT2D eigenvalue weighted by Gasteiger charge is -2.44. The largest absolute Gasteiger partial charge is 0.396 e. The smallest absolute Gasteiger partial charge is 0.0839 e. The third-order valence-corrected chi connectivity index (χ3v) is 9.72. The zero-order chi connectivity index (χ0) is 25.8. The third-order valence-electron chi connectivity index (χ3n) is 9.72. The van der Waals surface area contributed by atoms with Gasteiger partial charge in [0.1, 0.15) is 0 Å². The molecule has 0 heterocycles. The van der Waals surface area contributed by atoms with E-state index in [-0.39, 0.29) is 12.5 Å². The highest BCUT2D eigenvalue weighted by Gasteiger charge is 2.50. The number of aliphatic hydroxyl groups excluding tert-OH is 3. The minimum absolute atomic E-state index is 0.152. The van der Waals surface area contributed by atoms with E-state index in [9.17, 15) is 15.3 Å². The van der Waals surface area contributed by atoms with E-state index in [0.29, 0.717) is 36.5 Å². The molecule has 3 aliphatic carbocycles. The van der Waals surface area contributed by atoms with E-state index in [1.54, 1.807) is 5.57 Å². The van der Waals surface area contributed by atoms with Crippen molar-refractivity contribution in [2.45, 2.75) is 123 Å². The Bertz CT molecular complexity index is 775. The molecule has 7 atom stereocenters. The van der Waals surface area contributed by atoms with Gasteiger partial charge < -0.3 is 20.4 Å². The molecule has 0 aromatic carbocycles. The highest BCUT2D eigenvalue weighted by atomic mass is 16.3. The van der Waals surface area contributed by atoms with Crippen molar-refractivity contribution in [3.05, 3.63) is 35.5 Å². The van der Waals surface area contributed by atoms with Crippen molar-refractivity contribution < 1.29 is 20.4 Å². The van der Waals surface area contributed by atoms with Crippen LogP contribution >= 0.6 is 0 Å². The van der Waals surface area contributed by atoms with Gasteiger partial charge in [0.15, 0.2) is 0 Å². The Morgan fingerprint density at radius 1 is 1.14 bits per heavy atom. The van der Waals surface area contributed by atoms with E-state index in [1.807, 2.05) is 13.8 Å². The SMILES string of the molecule is C=C1/C(=C\C=C2/CCC[C@]3(C)[C@@H]([C@H](C)CCCC(C)(C)O)CC[C@@H]23)C[C@@H](O)[C@@H](CCCCO)[C@@H]1O. The van der Waals surface area contributed by atoms with Gasteiger partial charge in [0.25, 0.3) is 0 Å². The molecule has 0 unspecified atom stereocenters. The van der Waals surface area contributed by atoms with Gasteiger partial charge >= 0.3 is 0 Å². The molecule has 3 aliphatic rings. The first-order chi connectivity index (χ1) is 16.5. The zero-order valence-corrected chi connectivity index (χ0v) is 22.8. The Kier molecular flexibility index (Phi) is 9.87. The topological polar surface area (TPSA) is 80.9 Å². The summed E-state index contributed by atoms with van der Waals surface area (Å²) in [5.74, 6) is 1.84. The maximum atomic E-state index is 10.8. The summed E-state index contributed by atoms with van der Waals surface area (Å²) < 4.78 is 0. The molecular formula is C31H52O4. The van der Waals surface area contributed by atoms with Gasteiger partial charge in [-0.3, -0.25) is 0 Å². The Morgan fingerprint density at radius 3 is 2.57 bits per heavy atom.